The molecule has 2 aliphatic heterocycles. The number of aliphatic hydroxyl groups is 1. The predicted octanol–water partition coefficient (Wildman–Crippen LogP) is 5.13. The molecule has 1 saturated heterocycles. The summed E-state index contributed by atoms with van der Waals surface area (Å²) in [4.78, 5) is 15.2. The minimum atomic E-state index is -1.05. The van der Waals surface area contributed by atoms with E-state index in [0.717, 1.165) is 25.0 Å². The molecule has 2 aromatic rings. The highest BCUT2D eigenvalue weighted by Gasteiger charge is 2.44. The van der Waals surface area contributed by atoms with Crippen molar-refractivity contribution < 1.29 is 25.5 Å². The van der Waals surface area contributed by atoms with Crippen molar-refractivity contribution in [1.29, 1.82) is 0 Å². The van der Waals surface area contributed by atoms with Crippen LogP contribution in [0, 0.1) is 0 Å². The molecular weight excluding hydrogens is 430 g/mol. The van der Waals surface area contributed by atoms with E-state index >= 15 is 0 Å². The van der Waals surface area contributed by atoms with E-state index in [4.69, 9.17) is 14.2 Å². The lowest BCUT2D eigenvalue weighted by Crippen LogP contribution is -2.52. The van der Waals surface area contributed by atoms with Gasteiger partial charge in [0, 0.05) is 44.4 Å². The van der Waals surface area contributed by atoms with Crippen LogP contribution in [0.25, 0.3) is 0 Å². The standard InChI is InChI=1S/C28H37NO5.H2/c1-19(2)33-18-21-17-28(34-24-9-7-6-8-22(21)24)12-14-29(15-13-28)26(30)20-10-11-23(27(3,4)31)25(16-20)32-5;/h6-11,16,19,21,31H,12-15,17-18H2,1-5H3;1H. The molecule has 0 aliphatic carbocycles. The topological polar surface area (TPSA) is 68.2 Å². The maximum atomic E-state index is 13.3. The van der Waals surface area contributed by atoms with Crippen LogP contribution >= 0.6 is 0 Å². The van der Waals surface area contributed by atoms with Gasteiger partial charge in [-0.05, 0) is 57.9 Å². The van der Waals surface area contributed by atoms with Gasteiger partial charge in [-0.2, -0.15) is 0 Å². The number of nitrogens with zero attached hydrogens (tertiary/aromatic N) is 1. The van der Waals surface area contributed by atoms with E-state index in [2.05, 4.69) is 26.0 Å². The number of hydrogen-bond donors (Lipinski definition) is 1. The fourth-order valence-corrected chi connectivity index (χ4v) is 5.14. The number of methoxy groups -OCH3 is 1. The van der Waals surface area contributed by atoms with E-state index in [0.29, 0.717) is 36.6 Å². The maximum absolute atomic E-state index is 13.3. The molecule has 4 rings (SSSR count). The first-order valence-corrected chi connectivity index (χ1v) is 12.2. The van der Waals surface area contributed by atoms with Crippen molar-refractivity contribution in [2.75, 3.05) is 26.8 Å². The first-order chi connectivity index (χ1) is 16.1. The zero-order chi connectivity index (χ0) is 24.5. The van der Waals surface area contributed by atoms with Gasteiger partial charge in [0.1, 0.15) is 17.1 Å². The van der Waals surface area contributed by atoms with Gasteiger partial charge in [-0.3, -0.25) is 4.79 Å². The summed E-state index contributed by atoms with van der Waals surface area (Å²) >= 11 is 0. The maximum Gasteiger partial charge on any atom is 0.253 e. The largest absolute Gasteiger partial charge is 0.496 e. The van der Waals surface area contributed by atoms with Crippen LogP contribution in [0.15, 0.2) is 42.5 Å². The fourth-order valence-electron chi connectivity index (χ4n) is 5.14. The summed E-state index contributed by atoms with van der Waals surface area (Å²) in [6, 6.07) is 13.5. The molecule has 0 saturated carbocycles. The van der Waals surface area contributed by atoms with Crippen molar-refractivity contribution in [2.24, 2.45) is 0 Å². The monoisotopic (exact) mass is 469 g/mol. The lowest BCUT2D eigenvalue weighted by molar-refractivity contribution is -0.0325. The van der Waals surface area contributed by atoms with Gasteiger partial charge in [0.25, 0.3) is 5.91 Å². The number of carbonyl (C=O) groups excluding carboxylic acids is 1. The first kappa shape index (κ1) is 24.6. The second-order valence-corrected chi connectivity index (χ2v) is 10.4. The van der Waals surface area contributed by atoms with Gasteiger partial charge in [-0.15, -0.1) is 0 Å². The second kappa shape index (κ2) is 9.59. The van der Waals surface area contributed by atoms with Gasteiger partial charge in [-0.1, -0.05) is 24.3 Å². The number of likely N-dealkylation sites (tertiary alicyclic amines) is 1. The number of ether oxygens (including phenoxy) is 3. The molecule has 1 spiro atoms. The van der Waals surface area contributed by atoms with E-state index < -0.39 is 5.60 Å². The van der Waals surface area contributed by atoms with E-state index in [1.807, 2.05) is 17.0 Å². The zero-order valence-corrected chi connectivity index (χ0v) is 21.0. The van der Waals surface area contributed by atoms with Crippen LogP contribution in [0.4, 0.5) is 0 Å². The third-order valence-electron chi connectivity index (χ3n) is 7.00. The molecule has 2 aliphatic rings. The molecule has 1 atom stereocenters. The number of hydrogen-bond acceptors (Lipinski definition) is 5. The number of carbonyl (C=O) groups is 1. The fraction of sp³-hybridized carbons (Fsp3) is 0.536. The molecule has 1 N–H and O–H groups in total. The molecule has 1 amide bonds. The van der Waals surface area contributed by atoms with Crippen LogP contribution in [-0.4, -0.2) is 54.4 Å². The van der Waals surface area contributed by atoms with Gasteiger partial charge in [0.05, 0.1) is 25.4 Å². The van der Waals surface area contributed by atoms with E-state index in [-0.39, 0.29) is 25.0 Å². The summed E-state index contributed by atoms with van der Waals surface area (Å²) in [5, 5.41) is 10.4. The number of rotatable bonds is 6. The third kappa shape index (κ3) is 5.08. The van der Waals surface area contributed by atoms with Crippen molar-refractivity contribution in [3.05, 3.63) is 59.2 Å². The van der Waals surface area contributed by atoms with Crippen LogP contribution in [0.2, 0.25) is 0 Å². The highest BCUT2D eigenvalue weighted by Crippen LogP contribution is 2.45. The van der Waals surface area contributed by atoms with Gasteiger partial charge in [0.2, 0.25) is 0 Å². The van der Waals surface area contributed by atoms with Crippen molar-refractivity contribution in [3.63, 3.8) is 0 Å². The summed E-state index contributed by atoms with van der Waals surface area (Å²) in [7, 11) is 1.56. The minimum absolute atomic E-state index is 0. The van der Waals surface area contributed by atoms with E-state index in [1.165, 1.54) is 5.56 Å². The molecule has 2 heterocycles. The van der Waals surface area contributed by atoms with Crippen LogP contribution in [0.3, 0.4) is 0 Å². The molecule has 1 fully saturated rings. The Morgan fingerprint density at radius 2 is 1.94 bits per heavy atom. The van der Waals surface area contributed by atoms with Crippen LogP contribution in [0.5, 0.6) is 11.5 Å². The molecule has 6 nitrogen and oxygen atoms in total. The Bertz CT molecular complexity index is 1020. The van der Waals surface area contributed by atoms with Crippen LogP contribution < -0.4 is 9.47 Å². The Balaban J connectivity index is 0.00000342. The Labute approximate surface area is 204 Å². The van der Waals surface area contributed by atoms with Crippen molar-refractivity contribution in [2.45, 2.75) is 70.2 Å². The summed E-state index contributed by atoms with van der Waals surface area (Å²) in [6.07, 6.45) is 2.64. The molecule has 0 aromatic heterocycles. The van der Waals surface area contributed by atoms with E-state index in [1.54, 1.807) is 39.2 Å². The molecule has 0 radical (unpaired) electrons. The molecular formula is C28H39NO5. The highest BCUT2D eigenvalue weighted by atomic mass is 16.5. The third-order valence-corrected chi connectivity index (χ3v) is 7.00. The molecule has 6 heteroatoms. The van der Waals surface area contributed by atoms with Crippen molar-refractivity contribution in [1.82, 2.24) is 4.90 Å². The number of benzene rings is 2. The second-order valence-electron chi connectivity index (χ2n) is 10.4. The normalized spacial score (nSPS) is 19.6. The Kier molecular flexibility index (Phi) is 6.92. The Morgan fingerprint density at radius 3 is 2.59 bits per heavy atom. The van der Waals surface area contributed by atoms with Gasteiger partial charge < -0.3 is 24.2 Å². The van der Waals surface area contributed by atoms with Crippen molar-refractivity contribution >= 4 is 5.91 Å². The number of fused-ring (bicyclic) bond motifs is 1. The lowest BCUT2D eigenvalue weighted by Gasteiger charge is -2.47. The summed E-state index contributed by atoms with van der Waals surface area (Å²) in [5.74, 6) is 1.73. The molecule has 186 valence electrons. The summed E-state index contributed by atoms with van der Waals surface area (Å²) in [6.45, 7) is 9.48. The molecule has 34 heavy (non-hydrogen) atoms. The lowest BCUT2D eigenvalue weighted by atomic mass is 9.77. The number of amides is 1. The van der Waals surface area contributed by atoms with Crippen LogP contribution in [0.1, 0.15) is 75.8 Å². The van der Waals surface area contributed by atoms with Gasteiger partial charge in [0.15, 0.2) is 0 Å². The highest BCUT2D eigenvalue weighted by molar-refractivity contribution is 5.95. The Hall–Kier alpha value is -2.57. The average molecular weight is 470 g/mol. The van der Waals surface area contributed by atoms with Crippen LogP contribution in [-0.2, 0) is 10.3 Å². The molecule has 2 aromatic carbocycles. The Morgan fingerprint density at radius 1 is 1.24 bits per heavy atom. The smallest absolute Gasteiger partial charge is 0.253 e. The number of para-hydroxylation sites is 1. The average Bonchev–Trinajstić information content (AvgIpc) is 2.81. The van der Waals surface area contributed by atoms with Gasteiger partial charge in [-0.25, -0.2) is 0 Å². The summed E-state index contributed by atoms with van der Waals surface area (Å²) in [5.41, 5.74) is 1.12. The number of piperidine rings is 1. The summed E-state index contributed by atoms with van der Waals surface area (Å²) < 4.78 is 18.0. The zero-order valence-electron chi connectivity index (χ0n) is 21.0. The van der Waals surface area contributed by atoms with Gasteiger partial charge >= 0.3 is 0 Å². The predicted molar refractivity (Wildman–Crippen MR) is 134 cm³/mol. The SMILES string of the molecule is COc1cc(C(=O)N2CCC3(CC2)CC(COC(C)C)c2ccccc2O3)ccc1C(C)(C)O.[HH]. The van der Waals surface area contributed by atoms with Crippen molar-refractivity contribution in [3.8, 4) is 11.5 Å². The minimum Gasteiger partial charge on any atom is -0.496 e. The molecule has 0 bridgehead atoms. The van der Waals surface area contributed by atoms with E-state index in [9.17, 15) is 9.90 Å². The first-order valence-electron chi connectivity index (χ1n) is 12.2. The molecule has 1 unspecified atom stereocenters. The quantitative estimate of drug-likeness (QED) is 0.635.